The molecule has 0 aromatic heterocycles. The zero-order chi connectivity index (χ0) is 12.7. The minimum absolute atomic E-state index is 0.526. The lowest BCUT2D eigenvalue weighted by atomic mass is 10.1. The van der Waals surface area contributed by atoms with Gasteiger partial charge in [-0.2, -0.15) is 0 Å². The average molecular weight is 251 g/mol. The Hall–Kier alpha value is -0.970. The molecule has 0 aliphatic carbocycles. The van der Waals surface area contributed by atoms with Gasteiger partial charge in [-0.1, -0.05) is 49.3 Å². The van der Waals surface area contributed by atoms with Crippen molar-refractivity contribution < 1.29 is 5.11 Å². The van der Waals surface area contributed by atoms with Crippen LogP contribution in [-0.4, -0.2) is 11.2 Å². The molecule has 0 radical (unpaired) electrons. The predicted molar refractivity (Wildman–Crippen MR) is 73.2 cm³/mol. The summed E-state index contributed by atoms with van der Waals surface area (Å²) in [6, 6.07) is 5.70. The van der Waals surface area contributed by atoms with Crippen LogP contribution < -0.4 is 0 Å². The van der Waals surface area contributed by atoms with Crippen LogP contribution in [0.1, 0.15) is 43.7 Å². The van der Waals surface area contributed by atoms with Gasteiger partial charge in [-0.15, -0.1) is 0 Å². The highest BCUT2D eigenvalue weighted by Crippen LogP contribution is 2.16. The Balaban J connectivity index is 2.55. The molecular weight excluding hydrogens is 232 g/mol. The first-order valence-electron chi connectivity index (χ1n) is 6.09. The Morgan fingerprint density at radius 3 is 2.76 bits per heavy atom. The summed E-state index contributed by atoms with van der Waals surface area (Å²) in [7, 11) is 0. The number of hydrogen-bond donors (Lipinski definition) is 1. The number of aliphatic hydroxyl groups is 1. The number of halogens is 1. The van der Waals surface area contributed by atoms with E-state index in [2.05, 4.69) is 18.8 Å². The number of aliphatic hydroxyl groups excluding tert-OH is 1. The van der Waals surface area contributed by atoms with E-state index in [1.807, 2.05) is 25.1 Å². The van der Waals surface area contributed by atoms with Gasteiger partial charge in [0.15, 0.2) is 0 Å². The van der Waals surface area contributed by atoms with Gasteiger partial charge in [-0.25, -0.2) is 0 Å². The first kappa shape index (κ1) is 14.1. The Morgan fingerprint density at radius 1 is 1.35 bits per heavy atom. The standard InChI is InChI=1S/C15H19ClO/c1-3-4-5-6-14(17)10-9-13-8-7-12(2)15(16)11-13/h7-8,11,14,17H,3-6H2,1-2H3. The second kappa shape index (κ2) is 7.37. The van der Waals surface area contributed by atoms with Crippen molar-refractivity contribution in [3.05, 3.63) is 34.3 Å². The van der Waals surface area contributed by atoms with Crippen molar-refractivity contribution in [1.29, 1.82) is 0 Å². The van der Waals surface area contributed by atoms with Gasteiger partial charge < -0.3 is 5.11 Å². The van der Waals surface area contributed by atoms with Gasteiger partial charge in [0.2, 0.25) is 0 Å². The van der Waals surface area contributed by atoms with Crippen molar-refractivity contribution in [2.75, 3.05) is 0 Å². The normalized spacial score (nSPS) is 11.8. The van der Waals surface area contributed by atoms with Gasteiger partial charge in [-0.3, -0.25) is 0 Å². The molecule has 0 saturated carbocycles. The molecule has 0 aliphatic rings. The first-order valence-corrected chi connectivity index (χ1v) is 6.47. The molecule has 1 aromatic rings. The van der Waals surface area contributed by atoms with E-state index in [9.17, 15) is 5.11 Å². The summed E-state index contributed by atoms with van der Waals surface area (Å²) < 4.78 is 0. The number of benzene rings is 1. The zero-order valence-electron chi connectivity index (χ0n) is 10.5. The summed E-state index contributed by atoms with van der Waals surface area (Å²) in [6.45, 7) is 4.10. The van der Waals surface area contributed by atoms with Gasteiger partial charge in [0.1, 0.15) is 6.10 Å². The van der Waals surface area contributed by atoms with Crippen LogP contribution in [0.2, 0.25) is 5.02 Å². The molecule has 0 bridgehead atoms. The quantitative estimate of drug-likeness (QED) is 0.634. The number of aryl methyl sites for hydroxylation is 1. The molecule has 0 amide bonds. The van der Waals surface area contributed by atoms with Gasteiger partial charge in [0.05, 0.1) is 0 Å². The minimum Gasteiger partial charge on any atom is -0.380 e. The molecule has 0 heterocycles. The summed E-state index contributed by atoms with van der Waals surface area (Å²) in [5.41, 5.74) is 1.90. The molecular formula is C15H19ClO. The van der Waals surface area contributed by atoms with Crippen LogP contribution in [-0.2, 0) is 0 Å². The number of unbranched alkanes of at least 4 members (excludes halogenated alkanes) is 2. The van der Waals surface area contributed by atoms with E-state index in [0.29, 0.717) is 0 Å². The van der Waals surface area contributed by atoms with Crippen LogP contribution in [0.5, 0.6) is 0 Å². The highest BCUT2D eigenvalue weighted by Gasteiger charge is 1.99. The maximum absolute atomic E-state index is 9.65. The lowest BCUT2D eigenvalue weighted by Gasteiger charge is -2.01. The Kier molecular flexibility index (Phi) is 6.11. The monoisotopic (exact) mass is 250 g/mol. The third-order valence-electron chi connectivity index (χ3n) is 2.64. The molecule has 1 unspecified atom stereocenters. The third kappa shape index (κ3) is 5.26. The maximum atomic E-state index is 9.65. The smallest absolute Gasteiger partial charge is 0.115 e. The van der Waals surface area contributed by atoms with E-state index in [4.69, 9.17) is 11.6 Å². The van der Waals surface area contributed by atoms with Gasteiger partial charge in [-0.05, 0) is 37.5 Å². The van der Waals surface area contributed by atoms with Gasteiger partial charge in [0.25, 0.3) is 0 Å². The number of hydrogen-bond acceptors (Lipinski definition) is 1. The van der Waals surface area contributed by atoms with E-state index < -0.39 is 6.10 Å². The van der Waals surface area contributed by atoms with Crippen molar-refractivity contribution in [1.82, 2.24) is 0 Å². The summed E-state index contributed by atoms with van der Waals surface area (Å²) in [5.74, 6) is 5.81. The fourth-order valence-corrected chi connectivity index (χ4v) is 1.68. The minimum atomic E-state index is -0.526. The van der Waals surface area contributed by atoms with E-state index >= 15 is 0 Å². The molecule has 0 fully saturated rings. The average Bonchev–Trinajstić information content (AvgIpc) is 2.31. The van der Waals surface area contributed by atoms with E-state index in [-0.39, 0.29) is 0 Å². The molecule has 1 rings (SSSR count). The zero-order valence-corrected chi connectivity index (χ0v) is 11.2. The molecule has 17 heavy (non-hydrogen) atoms. The molecule has 1 N–H and O–H groups in total. The lowest BCUT2D eigenvalue weighted by Crippen LogP contribution is -2.02. The lowest BCUT2D eigenvalue weighted by molar-refractivity contribution is 0.217. The molecule has 0 aliphatic heterocycles. The van der Waals surface area contributed by atoms with E-state index in [1.165, 1.54) is 0 Å². The van der Waals surface area contributed by atoms with Crippen molar-refractivity contribution in [3.63, 3.8) is 0 Å². The fraction of sp³-hybridized carbons (Fsp3) is 0.467. The van der Waals surface area contributed by atoms with Crippen LogP contribution in [0.25, 0.3) is 0 Å². The maximum Gasteiger partial charge on any atom is 0.115 e. The van der Waals surface area contributed by atoms with E-state index in [1.54, 1.807) is 0 Å². The molecule has 0 saturated heterocycles. The molecule has 1 aromatic carbocycles. The molecule has 92 valence electrons. The van der Waals surface area contributed by atoms with Crippen LogP contribution in [0.15, 0.2) is 18.2 Å². The van der Waals surface area contributed by atoms with Crippen LogP contribution >= 0.6 is 11.6 Å². The SMILES string of the molecule is CCCCCC(O)C#Cc1ccc(C)c(Cl)c1. The third-order valence-corrected chi connectivity index (χ3v) is 3.04. The molecule has 2 heteroatoms. The largest absolute Gasteiger partial charge is 0.380 e. The highest BCUT2D eigenvalue weighted by atomic mass is 35.5. The Morgan fingerprint density at radius 2 is 2.12 bits per heavy atom. The van der Waals surface area contributed by atoms with Crippen molar-refractivity contribution >= 4 is 11.6 Å². The van der Waals surface area contributed by atoms with Crippen molar-refractivity contribution in [2.45, 2.75) is 45.6 Å². The topological polar surface area (TPSA) is 20.2 Å². The van der Waals surface area contributed by atoms with Crippen LogP contribution in [0.4, 0.5) is 0 Å². The Labute approximate surface area is 109 Å². The van der Waals surface area contributed by atoms with Crippen molar-refractivity contribution in [2.24, 2.45) is 0 Å². The predicted octanol–water partition coefficient (Wildman–Crippen LogP) is 3.94. The summed E-state index contributed by atoms with van der Waals surface area (Å²) in [4.78, 5) is 0. The van der Waals surface area contributed by atoms with Crippen LogP contribution in [0, 0.1) is 18.8 Å². The summed E-state index contributed by atoms with van der Waals surface area (Å²) in [6.07, 6.45) is 3.56. The summed E-state index contributed by atoms with van der Waals surface area (Å²) >= 11 is 6.00. The second-order valence-corrected chi connectivity index (χ2v) is 4.65. The second-order valence-electron chi connectivity index (χ2n) is 4.24. The first-order chi connectivity index (χ1) is 8.13. The Bertz CT molecular complexity index is 415. The molecule has 0 spiro atoms. The summed E-state index contributed by atoms with van der Waals surface area (Å²) in [5, 5.41) is 10.4. The highest BCUT2D eigenvalue weighted by molar-refractivity contribution is 6.31. The van der Waals surface area contributed by atoms with Crippen molar-refractivity contribution in [3.8, 4) is 11.8 Å². The number of rotatable bonds is 4. The molecule has 1 atom stereocenters. The van der Waals surface area contributed by atoms with Gasteiger partial charge in [0, 0.05) is 10.6 Å². The molecule has 1 nitrogen and oxygen atoms in total. The van der Waals surface area contributed by atoms with Crippen LogP contribution in [0.3, 0.4) is 0 Å². The van der Waals surface area contributed by atoms with E-state index in [0.717, 1.165) is 41.8 Å². The fourth-order valence-electron chi connectivity index (χ4n) is 1.50. The van der Waals surface area contributed by atoms with Gasteiger partial charge >= 0.3 is 0 Å².